The van der Waals surface area contributed by atoms with Gasteiger partial charge in [0.15, 0.2) is 0 Å². The highest BCUT2D eigenvalue weighted by Crippen LogP contribution is 2.20. The average molecular weight is 246 g/mol. The number of hydrogen-bond donors (Lipinski definition) is 3. The fraction of sp³-hybridized carbons (Fsp3) is 0.600. The average Bonchev–Trinajstić information content (AvgIpc) is 2.30. The van der Waals surface area contributed by atoms with E-state index in [0.717, 1.165) is 0 Å². The summed E-state index contributed by atoms with van der Waals surface area (Å²) in [6.45, 7) is 3.38. The van der Waals surface area contributed by atoms with Gasteiger partial charge in [-0.3, -0.25) is 0 Å². The van der Waals surface area contributed by atoms with Gasteiger partial charge in [0.05, 0.1) is 19.3 Å². The molecule has 1 aromatic rings. The molecule has 1 aromatic heterocycles. The van der Waals surface area contributed by atoms with Crippen molar-refractivity contribution in [2.75, 3.05) is 18.5 Å². The standard InChI is InChI=1S/C10H16ClN3O2/c1-3-8-13-9(11)6(2)10(14-8)12-7(4-15)5-16/h7,15-16H,3-5H2,1-2H3,(H,12,13,14). The summed E-state index contributed by atoms with van der Waals surface area (Å²) in [6, 6.07) is -0.436. The maximum absolute atomic E-state index is 8.98. The van der Waals surface area contributed by atoms with E-state index < -0.39 is 6.04 Å². The molecule has 0 fully saturated rings. The minimum Gasteiger partial charge on any atom is -0.394 e. The van der Waals surface area contributed by atoms with Crippen molar-refractivity contribution in [1.82, 2.24) is 9.97 Å². The number of hydrogen-bond acceptors (Lipinski definition) is 5. The second-order valence-electron chi connectivity index (χ2n) is 3.46. The van der Waals surface area contributed by atoms with Crippen LogP contribution < -0.4 is 5.32 Å². The molecule has 1 heterocycles. The van der Waals surface area contributed by atoms with Gasteiger partial charge in [-0.1, -0.05) is 18.5 Å². The molecule has 0 radical (unpaired) electrons. The van der Waals surface area contributed by atoms with Crippen LogP contribution in [0.3, 0.4) is 0 Å². The Morgan fingerprint density at radius 2 is 1.94 bits per heavy atom. The first-order valence-corrected chi connectivity index (χ1v) is 5.51. The monoisotopic (exact) mass is 245 g/mol. The molecule has 0 aromatic carbocycles. The van der Waals surface area contributed by atoms with E-state index in [0.29, 0.717) is 28.8 Å². The van der Waals surface area contributed by atoms with Crippen LogP contribution in [-0.2, 0) is 6.42 Å². The molecular weight excluding hydrogens is 230 g/mol. The number of aryl methyl sites for hydroxylation is 1. The lowest BCUT2D eigenvalue weighted by Gasteiger charge is -2.16. The topological polar surface area (TPSA) is 78.3 Å². The quantitative estimate of drug-likeness (QED) is 0.668. The first kappa shape index (κ1) is 13.2. The zero-order valence-corrected chi connectivity index (χ0v) is 10.1. The number of halogens is 1. The van der Waals surface area contributed by atoms with Gasteiger partial charge in [0.25, 0.3) is 0 Å². The number of rotatable bonds is 5. The highest BCUT2D eigenvalue weighted by Gasteiger charge is 2.12. The number of aromatic nitrogens is 2. The Bertz CT molecular complexity index is 356. The summed E-state index contributed by atoms with van der Waals surface area (Å²) in [5.41, 5.74) is 0.714. The third-order valence-electron chi connectivity index (χ3n) is 2.23. The van der Waals surface area contributed by atoms with Gasteiger partial charge in [-0.15, -0.1) is 0 Å². The lowest BCUT2D eigenvalue weighted by Crippen LogP contribution is -2.28. The molecule has 0 aliphatic heterocycles. The van der Waals surface area contributed by atoms with Crippen LogP contribution in [0.1, 0.15) is 18.3 Å². The zero-order chi connectivity index (χ0) is 12.1. The van der Waals surface area contributed by atoms with Crippen molar-refractivity contribution in [3.8, 4) is 0 Å². The van der Waals surface area contributed by atoms with Crippen LogP contribution in [0, 0.1) is 6.92 Å². The second-order valence-corrected chi connectivity index (χ2v) is 3.82. The third kappa shape index (κ3) is 3.04. The largest absolute Gasteiger partial charge is 0.394 e. The van der Waals surface area contributed by atoms with Crippen LogP contribution in [0.15, 0.2) is 0 Å². The van der Waals surface area contributed by atoms with Crippen molar-refractivity contribution in [2.45, 2.75) is 26.3 Å². The molecule has 0 amide bonds. The van der Waals surface area contributed by atoms with Crippen molar-refractivity contribution in [3.05, 3.63) is 16.5 Å². The first-order valence-electron chi connectivity index (χ1n) is 5.13. The molecule has 1 rings (SSSR count). The normalized spacial score (nSPS) is 10.9. The highest BCUT2D eigenvalue weighted by molar-refractivity contribution is 6.30. The van der Waals surface area contributed by atoms with E-state index in [-0.39, 0.29) is 13.2 Å². The Morgan fingerprint density at radius 1 is 1.31 bits per heavy atom. The van der Waals surface area contributed by atoms with Crippen molar-refractivity contribution >= 4 is 17.4 Å². The van der Waals surface area contributed by atoms with E-state index in [1.54, 1.807) is 6.92 Å². The van der Waals surface area contributed by atoms with E-state index in [1.165, 1.54) is 0 Å². The summed E-state index contributed by atoms with van der Waals surface area (Å²) >= 11 is 5.95. The molecule has 0 atom stereocenters. The predicted octanol–water partition coefficient (Wildman–Crippen LogP) is 0.766. The molecule has 0 unspecified atom stereocenters. The molecular formula is C10H16ClN3O2. The minimum absolute atomic E-state index is 0.168. The smallest absolute Gasteiger partial charge is 0.137 e. The Balaban J connectivity index is 2.97. The fourth-order valence-corrected chi connectivity index (χ4v) is 1.36. The fourth-order valence-electron chi connectivity index (χ4n) is 1.17. The van der Waals surface area contributed by atoms with E-state index >= 15 is 0 Å². The number of nitrogens with zero attached hydrogens (tertiary/aromatic N) is 2. The summed E-state index contributed by atoms with van der Waals surface area (Å²) in [5, 5.41) is 21.3. The molecule has 6 heteroatoms. The molecule has 16 heavy (non-hydrogen) atoms. The zero-order valence-electron chi connectivity index (χ0n) is 9.37. The Kier molecular flexibility index (Phi) is 4.92. The molecule has 0 saturated heterocycles. The van der Waals surface area contributed by atoms with Crippen LogP contribution in [-0.4, -0.2) is 39.4 Å². The third-order valence-corrected chi connectivity index (χ3v) is 2.60. The summed E-state index contributed by atoms with van der Waals surface area (Å²) in [7, 11) is 0. The second kappa shape index (κ2) is 5.98. The lowest BCUT2D eigenvalue weighted by molar-refractivity contribution is 0.203. The minimum atomic E-state index is -0.436. The van der Waals surface area contributed by atoms with E-state index in [1.807, 2.05) is 6.92 Å². The van der Waals surface area contributed by atoms with Gasteiger partial charge < -0.3 is 15.5 Å². The van der Waals surface area contributed by atoms with E-state index in [4.69, 9.17) is 21.8 Å². The summed E-state index contributed by atoms with van der Waals surface area (Å²) in [4.78, 5) is 8.36. The number of aliphatic hydroxyl groups excluding tert-OH is 2. The molecule has 0 aliphatic carbocycles. The van der Waals surface area contributed by atoms with Crippen LogP contribution in [0.5, 0.6) is 0 Å². The molecule has 0 aliphatic rings. The van der Waals surface area contributed by atoms with Gasteiger partial charge in [-0.25, -0.2) is 9.97 Å². The molecule has 0 spiro atoms. The molecule has 5 nitrogen and oxygen atoms in total. The Morgan fingerprint density at radius 3 is 2.44 bits per heavy atom. The number of aliphatic hydroxyl groups is 2. The lowest BCUT2D eigenvalue weighted by atomic mass is 10.3. The van der Waals surface area contributed by atoms with Crippen molar-refractivity contribution in [3.63, 3.8) is 0 Å². The SMILES string of the molecule is CCc1nc(Cl)c(C)c(NC(CO)CO)n1. The van der Waals surface area contributed by atoms with Gasteiger partial charge >= 0.3 is 0 Å². The number of nitrogens with one attached hydrogen (secondary N) is 1. The molecule has 3 N–H and O–H groups in total. The maximum atomic E-state index is 8.98. The van der Waals surface area contributed by atoms with Crippen molar-refractivity contribution < 1.29 is 10.2 Å². The molecule has 0 bridgehead atoms. The number of anilines is 1. The maximum Gasteiger partial charge on any atom is 0.137 e. The first-order chi connectivity index (χ1) is 7.62. The Hall–Kier alpha value is -0.910. The van der Waals surface area contributed by atoms with Crippen LogP contribution in [0.4, 0.5) is 5.82 Å². The van der Waals surface area contributed by atoms with Gasteiger partial charge in [0.1, 0.15) is 16.8 Å². The summed E-state index contributed by atoms with van der Waals surface area (Å²) in [6.07, 6.45) is 0.678. The van der Waals surface area contributed by atoms with Crippen LogP contribution in [0.2, 0.25) is 5.15 Å². The summed E-state index contributed by atoms with van der Waals surface area (Å²) < 4.78 is 0. The van der Waals surface area contributed by atoms with Gasteiger partial charge in [-0.05, 0) is 6.92 Å². The van der Waals surface area contributed by atoms with Crippen molar-refractivity contribution in [1.29, 1.82) is 0 Å². The molecule has 0 saturated carbocycles. The Labute approximate surface area is 99.5 Å². The van der Waals surface area contributed by atoms with Gasteiger partial charge in [0, 0.05) is 12.0 Å². The predicted molar refractivity (Wildman–Crippen MR) is 62.7 cm³/mol. The summed E-state index contributed by atoms with van der Waals surface area (Å²) in [5.74, 6) is 1.19. The van der Waals surface area contributed by atoms with E-state index in [2.05, 4.69) is 15.3 Å². The highest BCUT2D eigenvalue weighted by atomic mass is 35.5. The van der Waals surface area contributed by atoms with E-state index in [9.17, 15) is 0 Å². The molecule has 90 valence electrons. The van der Waals surface area contributed by atoms with Gasteiger partial charge in [-0.2, -0.15) is 0 Å². The van der Waals surface area contributed by atoms with Crippen LogP contribution in [0.25, 0.3) is 0 Å². The van der Waals surface area contributed by atoms with Gasteiger partial charge in [0.2, 0.25) is 0 Å². The van der Waals surface area contributed by atoms with Crippen LogP contribution >= 0.6 is 11.6 Å². The van der Waals surface area contributed by atoms with Crippen molar-refractivity contribution in [2.24, 2.45) is 0 Å².